The monoisotopic (exact) mass is 314 g/mol. The van der Waals surface area contributed by atoms with Crippen molar-refractivity contribution < 1.29 is 9.59 Å². The first-order valence-corrected chi connectivity index (χ1v) is 8.20. The molecule has 1 heterocycles. The van der Waals surface area contributed by atoms with E-state index in [2.05, 4.69) is 5.32 Å². The van der Waals surface area contributed by atoms with Gasteiger partial charge in [0.15, 0.2) is 0 Å². The van der Waals surface area contributed by atoms with E-state index >= 15 is 0 Å². The van der Waals surface area contributed by atoms with Crippen LogP contribution < -0.4 is 11.1 Å². The molecule has 1 aromatic heterocycles. The Morgan fingerprint density at radius 2 is 1.82 bits per heavy atom. The minimum Gasteiger partial charge on any atom is -0.365 e. The van der Waals surface area contributed by atoms with Crippen LogP contribution in [0.4, 0.5) is 5.00 Å². The number of primary amides is 1. The van der Waals surface area contributed by atoms with Crippen molar-refractivity contribution in [3.05, 3.63) is 51.4 Å². The minimum atomic E-state index is -0.460. The Bertz CT molecular complexity index is 732. The molecule has 0 saturated carbocycles. The highest BCUT2D eigenvalue weighted by molar-refractivity contribution is 7.17. The molecule has 5 heteroatoms. The summed E-state index contributed by atoms with van der Waals surface area (Å²) in [4.78, 5) is 25.3. The number of carbonyl (C=O) groups excluding carboxylic acids is 2. The number of thiophene rings is 1. The zero-order valence-corrected chi connectivity index (χ0v) is 13.3. The fraction of sp³-hybridized carbons (Fsp3) is 0.294. The molecule has 0 spiro atoms. The molecule has 0 unspecified atom stereocenters. The van der Waals surface area contributed by atoms with E-state index in [0.717, 1.165) is 36.8 Å². The Kier molecular flexibility index (Phi) is 3.98. The van der Waals surface area contributed by atoms with Gasteiger partial charge in [0.2, 0.25) is 0 Å². The van der Waals surface area contributed by atoms with Crippen LogP contribution >= 0.6 is 11.3 Å². The van der Waals surface area contributed by atoms with Gasteiger partial charge in [0.25, 0.3) is 11.8 Å². The van der Waals surface area contributed by atoms with Gasteiger partial charge in [-0.1, -0.05) is 17.7 Å². The highest BCUT2D eigenvalue weighted by atomic mass is 32.1. The molecule has 0 aliphatic heterocycles. The molecule has 1 aromatic carbocycles. The van der Waals surface area contributed by atoms with E-state index < -0.39 is 5.91 Å². The fourth-order valence-electron chi connectivity index (χ4n) is 2.79. The van der Waals surface area contributed by atoms with Gasteiger partial charge in [0.1, 0.15) is 5.00 Å². The molecule has 1 aliphatic rings. The quantitative estimate of drug-likeness (QED) is 0.912. The summed E-state index contributed by atoms with van der Waals surface area (Å²) < 4.78 is 0. The lowest BCUT2D eigenvalue weighted by Crippen LogP contribution is -2.18. The van der Waals surface area contributed by atoms with Crippen LogP contribution in [0.5, 0.6) is 0 Å². The van der Waals surface area contributed by atoms with Crippen molar-refractivity contribution in [3.63, 3.8) is 0 Å². The lowest BCUT2D eigenvalue weighted by atomic mass is 9.95. The van der Waals surface area contributed by atoms with Crippen LogP contribution in [-0.2, 0) is 12.8 Å². The standard InChI is InChI=1S/C17H18N2O2S/c1-10-6-8-11(9-7-10)16(21)19-17-14(15(18)20)12-4-2-3-5-13(12)22-17/h6-9H,2-5H2,1H3,(H2,18,20)(H,19,21). The summed E-state index contributed by atoms with van der Waals surface area (Å²) >= 11 is 1.48. The largest absolute Gasteiger partial charge is 0.365 e. The third-order valence-corrected chi connectivity index (χ3v) is 5.17. The maximum Gasteiger partial charge on any atom is 0.256 e. The predicted octanol–water partition coefficient (Wildman–Crippen LogP) is 3.29. The first kappa shape index (κ1) is 14.8. The van der Waals surface area contributed by atoms with Crippen LogP contribution in [0.25, 0.3) is 0 Å². The molecule has 0 bridgehead atoms. The van der Waals surface area contributed by atoms with Crippen LogP contribution in [-0.4, -0.2) is 11.8 Å². The molecule has 22 heavy (non-hydrogen) atoms. The Balaban J connectivity index is 1.91. The zero-order chi connectivity index (χ0) is 15.7. The predicted molar refractivity (Wildman–Crippen MR) is 88.6 cm³/mol. The van der Waals surface area contributed by atoms with Crippen molar-refractivity contribution in [3.8, 4) is 0 Å². The van der Waals surface area contributed by atoms with E-state index in [-0.39, 0.29) is 5.91 Å². The molecule has 3 N–H and O–H groups in total. The van der Waals surface area contributed by atoms with Crippen molar-refractivity contribution in [1.82, 2.24) is 0 Å². The number of carbonyl (C=O) groups is 2. The molecule has 0 atom stereocenters. The molecule has 0 radical (unpaired) electrons. The highest BCUT2D eigenvalue weighted by Gasteiger charge is 2.25. The van der Waals surface area contributed by atoms with Gasteiger partial charge >= 0.3 is 0 Å². The maximum atomic E-state index is 12.4. The zero-order valence-electron chi connectivity index (χ0n) is 12.4. The summed E-state index contributed by atoms with van der Waals surface area (Å²) in [5.41, 5.74) is 8.74. The van der Waals surface area contributed by atoms with E-state index in [1.165, 1.54) is 16.2 Å². The molecule has 3 rings (SSSR count). The number of nitrogens with two attached hydrogens (primary N) is 1. The first-order chi connectivity index (χ1) is 10.6. The third kappa shape index (κ3) is 2.76. The van der Waals surface area contributed by atoms with Crippen LogP contribution in [0.1, 0.15) is 49.6 Å². The van der Waals surface area contributed by atoms with E-state index in [0.29, 0.717) is 16.1 Å². The molecule has 114 valence electrons. The number of nitrogens with one attached hydrogen (secondary N) is 1. The van der Waals surface area contributed by atoms with Gasteiger partial charge in [0, 0.05) is 10.4 Å². The van der Waals surface area contributed by atoms with Crippen LogP contribution in [0.3, 0.4) is 0 Å². The van der Waals surface area contributed by atoms with E-state index in [1.54, 1.807) is 12.1 Å². The van der Waals surface area contributed by atoms with Crippen molar-refractivity contribution in [2.75, 3.05) is 5.32 Å². The van der Waals surface area contributed by atoms with Gasteiger partial charge in [-0.15, -0.1) is 11.3 Å². The second-order valence-electron chi connectivity index (χ2n) is 5.60. The normalized spacial score (nSPS) is 13.5. The second kappa shape index (κ2) is 5.93. The van der Waals surface area contributed by atoms with Crippen LogP contribution in [0.15, 0.2) is 24.3 Å². The number of anilines is 1. The highest BCUT2D eigenvalue weighted by Crippen LogP contribution is 2.38. The summed E-state index contributed by atoms with van der Waals surface area (Å²) in [6.07, 6.45) is 4.01. The van der Waals surface area contributed by atoms with Crippen molar-refractivity contribution in [2.24, 2.45) is 5.73 Å². The number of amides is 2. The van der Waals surface area contributed by atoms with E-state index in [9.17, 15) is 9.59 Å². The van der Waals surface area contributed by atoms with E-state index in [4.69, 9.17) is 5.73 Å². The minimum absolute atomic E-state index is 0.207. The average molecular weight is 314 g/mol. The second-order valence-corrected chi connectivity index (χ2v) is 6.70. The van der Waals surface area contributed by atoms with Gasteiger partial charge in [-0.05, 0) is 50.3 Å². The molecule has 2 amide bonds. The molecule has 4 nitrogen and oxygen atoms in total. The number of aryl methyl sites for hydroxylation is 2. The molecular formula is C17H18N2O2S. The Labute approximate surface area is 133 Å². The Morgan fingerprint density at radius 3 is 2.50 bits per heavy atom. The summed E-state index contributed by atoms with van der Waals surface area (Å²) in [5, 5.41) is 3.45. The van der Waals surface area contributed by atoms with Crippen LogP contribution in [0.2, 0.25) is 0 Å². The van der Waals surface area contributed by atoms with Crippen LogP contribution in [0, 0.1) is 6.92 Å². The number of fused-ring (bicyclic) bond motifs is 1. The number of rotatable bonds is 3. The van der Waals surface area contributed by atoms with Crippen molar-refractivity contribution in [1.29, 1.82) is 0 Å². The summed E-state index contributed by atoms with van der Waals surface area (Å²) in [5.74, 6) is -0.667. The van der Waals surface area contributed by atoms with Gasteiger partial charge in [-0.25, -0.2) is 0 Å². The SMILES string of the molecule is Cc1ccc(C(=O)Nc2sc3c(c2C(N)=O)CCCC3)cc1. The van der Waals surface area contributed by atoms with Crippen molar-refractivity contribution >= 4 is 28.2 Å². The number of hydrogen-bond donors (Lipinski definition) is 2. The molecular weight excluding hydrogens is 296 g/mol. The molecule has 0 saturated heterocycles. The summed E-state index contributed by atoms with van der Waals surface area (Å²) in [6.45, 7) is 1.97. The van der Waals surface area contributed by atoms with Gasteiger partial charge in [-0.2, -0.15) is 0 Å². The first-order valence-electron chi connectivity index (χ1n) is 7.38. The van der Waals surface area contributed by atoms with E-state index in [1.807, 2.05) is 19.1 Å². The maximum absolute atomic E-state index is 12.4. The lowest BCUT2D eigenvalue weighted by molar-refractivity contribution is 0.100. The van der Waals surface area contributed by atoms with Gasteiger partial charge in [0.05, 0.1) is 5.56 Å². The van der Waals surface area contributed by atoms with Gasteiger partial charge < -0.3 is 11.1 Å². The number of hydrogen-bond acceptors (Lipinski definition) is 3. The number of benzene rings is 1. The Morgan fingerprint density at radius 1 is 1.14 bits per heavy atom. The molecule has 2 aromatic rings. The van der Waals surface area contributed by atoms with Crippen molar-refractivity contribution in [2.45, 2.75) is 32.6 Å². The Hall–Kier alpha value is -2.14. The summed E-state index contributed by atoms with van der Waals surface area (Å²) in [7, 11) is 0. The molecule has 1 aliphatic carbocycles. The third-order valence-electron chi connectivity index (χ3n) is 3.96. The van der Waals surface area contributed by atoms with Gasteiger partial charge in [-0.3, -0.25) is 9.59 Å². The molecule has 0 fully saturated rings. The average Bonchev–Trinajstić information content (AvgIpc) is 2.85. The lowest BCUT2D eigenvalue weighted by Gasteiger charge is -2.11. The topological polar surface area (TPSA) is 72.2 Å². The summed E-state index contributed by atoms with van der Waals surface area (Å²) in [6, 6.07) is 7.34. The fourth-order valence-corrected chi connectivity index (χ4v) is 4.08. The smallest absolute Gasteiger partial charge is 0.256 e.